The van der Waals surface area contributed by atoms with Gasteiger partial charge in [0.15, 0.2) is 0 Å². The molecule has 0 bridgehead atoms. The van der Waals surface area contributed by atoms with E-state index in [1.54, 1.807) is 12.1 Å². The van der Waals surface area contributed by atoms with Crippen molar-refractivity contribution in [1.29, 1.82) is 0 Å². The Balaban J connectivity index is 1.69. The van der Waals surface area contributed by atoms with Gasteiger partial charge < -0.3 is 10.3 Å². The number of aromatic nitrogens is 2. The zero-order valence-corrected chi connectivity index (χ0v) is 14.9. The van der Waals surface area contributed by atoms with Crippen molar-refractivity contribution in [3.8, 4) is 11.1 Å². The molecule has 6 heteroatoms. The third-order valence-corrected chi connectivity index (χ3v) is 5.15. The zero-order chi connectivity index (χ0) is 18.1. The Morgan fingerprint density at radius 3 is 2.58 bits per heavy atom. The Bertz CT molecular complexity index is 1120. The predicted molar refractivity (Wildman–Crippen MR) is 104 cm³/mol. The molecule has 0 unspecified atom stereocenters. The van der Waals surface area contributed by atoms with E-state index in [2.05, 4.69) is 15.3 Å². The predicted octanol–water partition coefficient (Wildman–Crippen LogP) is 4.71. The molecule has 4 nitrogen and oxygen atoms in total. The van der Waals surface area contributed by atoms with E-state index >= 15 is 0 Å². The number of benzene rings is 2. The molecule has 2 aromatic heterocycles. The van der Waals surface area contributed by atoms with Crippen LogP contribution in [0.4, 0.5) is 10.1 Å². The molecular weight excluding hydrogens is 349 g/mol. The lowest BCUT2D eigenvalue weighted by Crippen LogP contribution is -2.14. The van der Waals surface area contributed by atoms with Crippen LogP contribution in [0, 0.1) is 12.7 Å². The molecule has 0 radical (unpaired) electrons. The fourth-order valence-electron chi connectivity index (χ4n) is 2.95. The van der Waals surface area contributed by atoms with Crippen LogP contribution in [0.1, 0.15) is 10.7 Å². The highest BCUT2D eigenvalue weighted by Crippen LogP contribution is 2.35. The third-order valence-electron chi connectivity index (χ3n) is 4.15. The van der Waals surface area contributed by atoms with Crippen molar-refractivity contribution in [3.63, 3.8) is 0 Å². The molecule has 0 atom stereocenters. The highest BCUT2D eigenvalue weighted by Gasteiger charge is 2.16. The number of nitrogens with one attached hydrogen (secondary N) is 2. The van der Waals surface area contributed by atoms with E-state index in [4.69, 9.17) is 0 Å². The number of aryl methyl sites for hydroxylation is 1. The highest BCUT2D eigenvalue weighted by atomic mass is 32.1. The summed E-state index contributed by atoms with van der Waals surface area (Å²) in [7, 11) is 0. The second-order valence-corrected chi connectivity index (χ2v) is 7.16. The van der Waals surface area contributed by atoms with Gasteiger partial charge in [0.25, 0.3) is 5.56 Å². The topological polar surface area (TPSA) is 57.8 Å². The van der Waals surface area contributed by atoms with Crippen molar-refractivity contribution < 1.29 is 4.39 Å². The molecule has 2 aromatic carbocycles. The number of halogens is 1. The maximum atomic E-state index is 13.0. The van der Waals surface area contributed by atoms with Gasteiger partial charge in [0.05, 0.1) is 11.9 Å². The monoisotopic (exact) mass is 365 g/mol. The van der Waals surface area contributed by atoms with Crippen LogP contribution in [-0.4, -0.2) is 9.97 Å². The van der Waals surface area contributed by atoms with Gasteiger partial charge in [0.2, 0.25) is 0 Å². The maximum Gasteiger partial charge on any atom is 0.260 e. The SMILES string of the molecule is Cc1sc2nc(CNc3ccc(F)cc3)[nH]c(=O)c2c1-c1ccccc1. The summed E-state index contributed by atoms with van der Waals surface area (Å²) in [6, 6.07) is 15.9. The molecule has 0 saturated carbocycles. The second kappa shape index (κ2) is 6.72. The zero-order valence-electron chi connectivity index (χ0n) is 14.0. The van der Waals surface area contributed by atoms with Crippen molar-refractivity contribution in [2.75, 3.05) is 5.32 Å². The molecule has 26 heavy (non-hydrogen) atoms. The van der Waals surface area contributed by atoms with E-state index in [-0.39, 0.29) is 11.4 Å². The van der Waals surface area contributed by atoms with Crippen LogP contribution in [0.2, 0.25) is 0 Å². The van der Waals surface area contributed by atoms with Gasteiger partial charge in [-0.05, 0) is 36.8 Å². The Kier molecular flexibility index (Phi) is 4.26. The lowest BCUT2D eigenvalue weighted by molar-refractivity contribution is 0.628. The molecule has 130 valence electrons. The first-order valence-corrected chi connectivity index (χ1v) is 9.00. The fourth-order valence-corrected chi connectivity index (χ4v) is 4.02. The first-order valence-electron chi connectivity index (χ1n) is 8.19. The lowest BCUT2D eigenvalue weighted by Gasteiger charge is -2.06. The van der Waals surface area contributed by atoms with E-state index in [0.717, 1.165) is 26.5 Å². The van der Waals surface area contributed by atoms with Crippen LogP contribution in [0.25, 0.3) is 21.3 Å². The number of hydrogen-bond acceptors (Lipinski definition) is 4. The Labute approximate surface area is 153 Å². The van der Waals surface area contributed by atoms with E-state index < -0.39 is 0 Å². The van der Waals surface area contributed by atoms with Crippen molar-refractivity contribution >= 4 is 27.2 Å². The van der Waals surface area contributed by atoms with Gasteiger partial charge in [0.1, 0.15) is 16.5 Å². The molecule has 0 spiro atoms. The van der Waals surface area contributed by atoms with Gasteiger partial charge in [-0.1, -0.05) is 30.3 Å². The van der Waals surface area contributed by atoms with Gasteiger partial charge in [-0.2, -0.15) is 0 Å². The number of thiophene rings is 1. The Morgan fingerprint density at radius 2 is 1.85 bits per heavy atom. The second-order valence-electron chi connectivity index (χ2n) is 5.95. The molecule has 0 saturated heterocycles. The van der Waals surface area contributed by atoms with Crippen molar-refractivity contribution in [2.45, 2.75) is 13.5 Å². The number of fused-ring (bicyclic) bond motifs is 1. The summed E-state index contributed by atoms with van der Waals surface area (Å²) in [5.41, 5.74) is 2.58. The quantitative estimate of drug-likeness (QED) is 0.551. The van der Waals surface area contributed by atoms with Crippen molar-refractivity contribution in [3.05, 3.63) is 81.5 Å². The summed E-state index contributed by atoms with van der Waals surface area (Å²) in [6.07, 6.45) is 0. The number of H-pyrrole nitrogens is 1. The van der Waals surface area contributed by atoms with E-state index in [1.807, 2.05) is 37.3 Å². The molecule has 2 N–H and O–H groups in total. The molecule has 0 aliphatic rings. The minimum atomic E-state index is -0.286. The summed E-state index contributed by atoms with van der Waals surface area (Å²) < 4.78 is 13.0. The number of aromatic amines is 1. The largest absolute Gasteiger partial charge is 0.378 e. The van der Waals surface area contributed by atoms with E-state index in [1.165, 1.54) is 23.5 Å². The maximum absolute atomic E-state index is 13.0. The molecular formula is C20H16FN3OS. The summed E-state index contributed by atoms with van der Waals surface area (Å²) in [5.74, 6) is 0.263. The van der Waals surface area contributed by atoms with Crippen molar-refractivity contribution in [1.82, 2.24) is 9.97 Å². The Morgan fingerprint density at radius 1 is 1.12 bits per heavy atom. The van der Waals surface area contributed by atoms with Gasteiger partial charge in [-0.25, -0.2) is 9.37 Å². The van der Waals surface area contributed by atoms with Crippen LogP contribution >= 0.6 is 11.3 Å². The Hall–Kier alpha value is -2.99. The molecule has 0 amide bonds. The summed E-state index contributed by atoms with van der Waals surface area (Å²) in [5, 5.41) is 3.77. The van der Waals surface area contributed by atoms with Gasteiger partial charge >= 0.3 is 0 Å². The van der Waals surface area contributed by atoms with Crippen LogP contribution in [0.3, 0.4) is 0 Å². The number of rotatable bonds is 4. The first-order chi connectivity index (χ1) is 12.6. The van der Waals surface area contributed by atoms with Crippen LogP contribution in [-0.2, 0) is 6.54 Å². The summed E-state index contributed by atoms with van der Waals surface area (Å²) in [4.78, 5) is 21.9. The molecule has 0 fully saturated rings. The molecule has 4 aromatic rings. The molecule has 0 aliphatic carbocycles. The third kappa shape index (κ3) is 3.11. The van der Waals surface area contributed by atoms with Crippen LogP contribution in [0.5, 0.6) is 0 Å². The van der Waals surface area contributed by atoms with E-state index in [0.29, 0.717) is 17.8 Å². The normalized spacial score (nSPS) is 11.0. The summed E-state index contributed by atoms with van der Waals surface area (Å²) in [6.45, 7) is 2.36. The summed E-state index contributed by atoms with van der Waals surface area (Å²) >= 11 is 1.52. The number of nitrogens with zero attached hydrogens (tertiary/aromatic N) is 1. The van der Waals surface area contributed by atoms with Gasteiger partial charge in [-0.15, -0.1) is 11.3 Å². The smallest absolute Gasteiger partial charge is 0.260 e. The van der Waals surface area contributed by atoms with Gasteiger partial charge in [-0.3, -0.25) is 4.79 Å². The number of anilines is 1. The average molecular weight is 365 g/mol. The molecule has 4 rings (SSSR count). The minimum Gasteiger partial charge on any atom is -0.378 e. The molecule has 2 heterocycles. The lowest BCUT2D eigenvalue weighted by atomic mass is 10.0. The average Bonchev–Trinajstić information content (AvgIpc) is 2.98. The van der Waals surface area contributed by atoms with Crippen molar-refractivity contribution in [2.24, 2.45) is 0 Å². The highest BCUT2D eigenvalue weighted by molar-refractivity contribution is 7.19. The van der Waals surface area contributed by atoms with Gasteiger partial charge in [0, 0.05) is 16.1 Å². The first kappa shape index (κ1) is 16.5. The van der Waals surface area contributed by atoms with Crippen LogP contribution in [0.15, 0.2) is 59.4 Å². The van der Waals surface area contributed by atoms with E-state index in [9.17, 15) is 9.18 Å². The standard InChI is InChI=1S/C20H16FN3OS/c1-12-17(13-5-3-2-4-6-13)18-19(25)23-16(24-20(18)26-12)11-22-15-9-7-14(21)8-10-15/h2-10,22H,11H2,1H3,(H,23,24,25). The fraction of sp³-hybridized carbons (Fsp3) is 0.100. The molecule has 0 aliphatic heterocycles. The minimum absolute atomic E-state index is 0.144. The number of hydrogen-bond donors (Lipinski definition) is 2. The van der Waals surface area contributed by atoms with Crippen LogP contribution < -0.4 is 10.9 Å².